The molecule has 2 N–H and O–H groups in total. The van der Waals surface area contributed by atoms with E-state index < -0.39 is 6.04 Å². The SMILES string of the molecule is O=C(NC1CCCNC1=O)c1ccc(F)c2ccccc12. The normalized spacial score (nSPS) is 18.3. The summed E-state index contributed by atoms with van der Waals surface area (Å²) < 4.78 is 13.8. The topological polar surface area (TPSA) is 58.2 Å². The first-order valence-corrected chi connectivity index (χ1v) is 6.92. The molecule has 3 rings (SSSR count). The summed E-state index contributed by atoms with van der Waals surface area (Å²) in [6.07, 6.45) is 1.46. The van der Waals surface area contributed by atoms with Crippen LogP contribution in [0.3, 0.4) is 0 Å². The zero-order valence-corrected chi connectivity index (χ0v) is 11.4. The number of halogens is 1. The van der Waals surface area contributed by atoms with E-state index in [1.807, 2.05) is 0 Å². The summed E-state index contributed by atoms with van der Waals surface area (Å²) in [6, 6.07) is 9.03. The second-order valence-electron chi connectivity index (χ2n) is 5.10. The van der Waals surface area contributed by atoms with Gasteiger partial charge in [0.2, 0.25) is 5.91 Å². The molecule has 1 heterocycles. The lowest BCUT2D eigenvalue weighted by Crippen LogP contribution is -2.50. The molecule has 0 spiro atoms. The molecule has 0 radical (unpaired) electrons. The lowest BCUT2D eigenvalue weighted by Gasteiger charge is -2.23. The molecule has 2 amide bonds. The molecule has 5 heteroatoms. The van der Waals surface area contributed by atoms with Gasteiger partial charge in [-0.15, -0.1) is 0 Å². The molecule has 0 aromatic heterocycles. The summed E-state index contributed by atoms with van der Waals surface area (Å²) >= 11 is 0. The van der Waals surface area contributed by atoms with Crippen molar-refractivity contribution in [3.8, 4) is 0 Å². The molecule has 1 unspecified atom stereocenters. The number of fused-ring (bicyclic) bond motifs is 1. The summed E-state index contributed by atoms with van der Waals surface area (Å²) in [4.78, 5) is 24.1. The van der Waals surface area contributed by atoms with Crippen LogP contribution < -0.4 is 10.6 Å². The second-order valence-corrected chi connectivity index (χ2v) is 5.10. The third-order valence-corrected chi connectivity index (χ3v) is 3.71. The minimum atomic E-state index is -0.518. The van der Waals surface area contributed by atoms with E-state index in [0.717, 1.165) is 6.42 Å². The summed E-state index contributed by atoms with van der Waals surface area (Å²) in [5.41, 5.74) is 0.380. The Morgan fingerprint density at radius 1 is 1.19 bits per heavy atom. The maximum Gasteiger partial charge on any atom is 0.252 e. The van der Waals surface area contributed by atoms with Crippen molar-refractivity contribution in [3.63, 3.8) is 0 Å². The van der Waals surface area contributed by atoms with E-state index in [2.05, 4.69) is 10.6 Å². The highest BCUT2D eigenvalue weighted by atomic mass is 19.1. The van der Waals surface area contributed by atoms with Gasteiger partial charge in [-0.1, -0.05) is 24.3 Å². The fourth-order valence-electron chi connectivity index (χ4n) is 2.61. The van der Waals surface area contributed by atoms with Crippen LogP contribution >= 0.6 is 0 Å². The molecule has 2 aromatic rings. The first-order chi connectivity index (χ1) is 10.2. The van der Waals surface area contributed by atoms with Gasteiger partial charge in [-0.25, -0.2) is 4.39 Å². The van der Waals surface area contributed by atoms with Crippen LogP contribution in [0.5, 0.6) is 0 Å². The van der Waals surface area contributed by atoms with Crippen LogP contribution in [0.25, 0.3) is 10.8 Å². The van der Waals surface area contributed by atoms with Gasteiger partial charge in [-0.3, -0.25) is 9.59 Å². The van der Waals surface area contributed by atoms with Crippen LogP contribution in [-0.2, 0) is 4.79 Å². The number of nitrogens with one attached hydrogen (secondary N) is 2. The van der Waals surface area contributed by atoms with E-state index in [1.165, 1.54) is 12.1 Å². The molecule has 1 saturated heterocycles. The van der Waals surface area contributed by atoms with E-state index in [1.54, 1.807) is 24.3 Å². The average molecular weight is 286 g/mol. The smallest absolute Gasteiger partial charge is 0.252 e. The third-order valence-electron chi connectivity index (χ3n) is 3.71. The minimum absolute atomic E-state index is 0.166. The largest absolute Gasteiger partial charge is 0.354 e. The fraction of sp³-hybridized carbons (Fsp3) is 0.250. The van der Waals surface area contributed by atoms with Crippen LogP contribution in [0.1, 0.15) is 23.2 Å². The Hall–Kier alpha value is -2.43. The zero-order valence-electron chi connectivity index (χ0n) is 11.4. The molecule has 0 saturated carbocycles. The lowest BCUT2D eigenvalue weighted by molar-refractivity contribution is -0.124. The highest BCUT2D eigenvalue weighted by Crippen LogP contribution is 2.22. The Kier molecular flexibility index (Phi) is 3.56. The molecular formula is C16H15FN2O2. The predicted octanol–water partition coefficient (Wildman–Crippen LogP) is 1.99. The van der Waals surface area contributed by atoms with Gasteiger partial charge in [0.1, 0.15) is 11.9 Å². The molecular weight excluding hydrogens is 271 g/mol. The van der Waals surface area contributed by atoms with Crippen molar-refractivity contribution in [2.75, 3.05) is 6.54 Å². The predicted molar refractivity (Wildman–Crippen MR) is 77.4 cm³/mol. The van der Waals surface area contributed by atoms with Crippen molar-refractivity contribution >= 4 is 22.6 Å². The summed E-state index contributed by atoms with van der Waals surface area (Å²) in [5.74, 6) is -0.883. The molecule has 0 aliphatic carbocycles. The first kappa shape index (κ1) is 13.5. The Labute approximate surface area is 121 Å². The number of hydrogen-bond acceptors (Lipinski definition) is 2. The number of rotatable bonds is 2. The van der Waals surface area contributed by atoms with Gasteiger partial charge in [0, 0.05) is 17.5 Å². The minimum Gasteiger partial charge on any atom is -0.354 e. The number of hydrogen-bond donors (Lipinski definition) is 2. The van der Waals surface area contributed by atoms with Gasteiger partial charge in [0.05, 0.1) is 0 Å². The molecule has 1 atom stereocenters. The summed E-state index contributed by atoms with van der Waals surface area (Å²) in [5, 5.41) is 6.39. The molecule has 1 fully saturated rings. The second kappa shape index (κ2) is 5.52. The van der Waals surface area contributed by atoms with Crippen LogP contribution in [0.4, 0.5) is 4.39 Å². The Bertz CT molecular complexity index is 714. The van der Waals surface area contributed by atoms with E-state index in [4.69, 9.17) is 0 Å². The maximum absolute atomic E-state index is 13.8. The Balaban J connectivity index is 1.91. The lowest BCUT2D eigenvalue weighted by atomic mass is 10.0. The molecule has 0 bridgehead atoms. The number of amides is 2. The van der Waals surface area contributed by atoms with Crippen LogP contribution in [-0.4, -0.2) is 24.4 Å². The quantitative estimate of drug-likeness (QED) is 0.887. The molecule has 1 aliphatic heterocycles. The molecule has 2 aromatic carbocycles. The van der Waals surface area contributed by atoms with Crippen LogP contribution in [0.2, 0.25) is 0 Å². The van der Waals surface area contributed by atoms with Gasteiger partial charge in [-0.2, -0.15) is 0 Å². The van der Waals surface area contributed by atoms with E-state index in [0.29, 0.717) is 29.3 Å². The summed E-state index contributed by atoms with van der Waals surface area (Å²) in [7, 11) is 0. The van der Waals surface area contributed by atoms with Gasteiger partial charge >= 0.3 is 0 Å². The van der Waals surface area contributed by atoms with E-state index in [9.17, 15) is 14.0 Å². The van der Waals surface area contributed by atoms with Gasteiger partial charge in [-0.05, 0) is 30.4 Å². The fourth-order valence-corrected chi connectivity index (χ4v) is 2.61. The molecule has 4 nitrogen and oxygen atoms in total. The first-order valence-electron chi connectivity index (χ1n) is 6.92. The van der Waals surface area contributed by atoms with Crippen molar-refractivity contribution in [2.45, 2.75) is 18.9 Å². The number of carbonyl (C=O) groups excluding carboxylic acids is 2. The monoisotopic (exact) mass is 286 g/mol. The number of carbonyl (C=O) groups is 2. The molecule has 108 valence electrons. The van der Waals surface area contributed by atoms with Crippen molar-refractivity contribution < 1.29 is 14.0 Å². The highest BCUT2D eigenvalue weighted by molar-refractivity contribution is 6.08. The van der Waals surface area contributed by atoms with Crippen molar-refractivity contribution in [1.29, 1.82) is 0 Å². The van der Waals surface area contributed by atoms with Crippen LogP contribution in [0, 0.1) is 5.82 Å². The van der Waals surface area contributed by atoms with Crippen molar-refractivity contribution in [2.24, 2.45) is 0 Å². The van der Waals surface area contributed by atoms with Crippen molar-refractivity contribution in [3.05, 3.63) is 47.8 Å². The maximum atomic E-state index is 13.8. The third kappa shape index (κ3) is 2.59. The van der Waals surface area contributed by atoms with Gasteiger partial charge in [0.15, 0.2) is 0 Å². The average Bonchev–Trinajstić information content (AvgIpc) is 2.50. The molecule has 1 aliphatic rings. The Morgan fingerprint density at radius 3 is 2.71 bits per heavy atom. The van der Waals surface area contributed by atoms with Crippen molar-refractivity contribution in [1.82, 2.24) is 10.6 Å². The van der Waals surface area contributed by atoms with E-state index >= 15 is 0 Å². The zero-order chi connectivity index (χ0) is 14.8. The van der Waals surface area contributed by atoms with E-state index in [-0.39, 0.29) is 17.6 Å². The van der Waals surface area contributed by atoms with Crippen LogP contribution in [0.15, 0.2) is 36.4 Å². The summed E-state index contributed by atoms with van der Waals surface area (Å²) in [6.45, 7) is 0.644. The van der Waals surface area contributed by atoms with Gasteiger partial charge < -0.3 is 10.6 Å². The number of piperidine rings is 1. The van der Waals surface area contributed by atoms with Gasteiger partial charge in [0.25, 0.3) is 5.91 Å². The molecule has 21 heavy (non-hydrogen) atoms. The standard InChI is InChI=1S/C16H15FN2O2/c17-13-8-7-12(10-4-1-2-5-11(10)13)15(20)19-14-6-3-9-18-16(14)21/h1-2,4-5,7-8,14H,3,6,9H2,(H,18,21)(H,19,20). The highest BCUT2D eigenvalue weighted by Gasteiger charge is 2.24. The Morgan fingerprint density at radius 2 is 1.95 bits per heavy atom. The number of benzene rings is 2.